The van der Waals surface area contributed by atoms with Crippen molar-refractivity contribution in [1.82, 2.24) is 25.1 Å². The second-order valence-corrected chi connectivity index (χ2v) is 20.2. The van der Waals surface area contributed by atoms with Crippen LogP contribution in [-0.2, 0) is 42.9 Å². The molecule has 4 aliphatic rings. The molecule has 2 saturated heterocycles. The normalized spacial score (nSPS) is 39.1. The van der Waals surface area contributed by atoms with Crippen LogP contribution in [0.5, 0.6) is 0 Å². The van der Waals surface area contributed by atoms with Crippen LogP contribution in [0.2, 0.25) is 0 Å². The Morgan fingerprint density at radius 2 is 1.65 bits per heavy atom. The first kappa shape index (κ1) is 54.7. The number of aromatic nitrogens is 4. The molecule has 17 heteroatoms. The molecule has 4 heterocycles. The number of Topliss-reactive ketones (excluding diaryl/α,β-unsaturated/α-hetero) is 3. The molecule has 0 spiro atoms. The SMILES string of the molecule is CO[C@H]1C[C@@H]2CC[C@@H](C)[C@@](O)(O2)C(=O)C(=O)N2CCCC[C@H]2C(=O)O[C@H]([C@H](C)C[C@@H]2CC[C@H](n3cnnn3)C(O)C2)CC(=O)[C@H](C)/C=C(\C)[C@@H](O)[C@@H](OC)C(=O)[C@H](C)C[C@H](C)/C=C/C=C/C=C/1C. The zero-order valence-corrected chi connectivity index (χ0v) is 41.6. The highest BCUT2D eigenvalue weighted by Crippen LogP contribution is 2.39. The fourth-order valence-electron chi connectivity index (χ4n) is 10.5. The van der Waals surface area contributed by atoms with Gasteiger partial charge < -0.3 is 39.2 Å². The zero-order valence-electron chi connectivity index (χ0n) is 41.6. The van der Waals surface area contributed by atoms with Crippen LogP contribution in [0.15, 0.2) is 53.9 Å². The van der Waals surface area contributed by atoms with Crippen molar-refractivity contribution in [3.63, 3.8) is 0 Å². The number of hydrogen-bond donors (Lipinski definition) is 3. The van der Waals surface area contributed by atoms with Crippen molar-refractivity contribution in [3.8, 4) is 0 Å². The van der Waals surface area contributed by atoms with Gasteiger partial charge in [0.05, 0.1) is 24.4 Å². The van der Waals surface area contributed by atoms with Crippen LogP contribution < -0.4 is 0 Å². The molecule has 1 amide bonds. The molecule has 1 unspecified atom stereocenters. The van der Waals surface area contributed by atoms with Gasteiger partial charge >= 0.3 is 5.97 Å². The van der Waals surface area contributed by atoms with Crippen molar-refractivity contribution in [2.75, 3.05) is 20.8 Å². The number of cyclic esters (lactones) is 1. The Kier molecular flexibility index (Phi) is 20.1. The lowest BCUT2D eigenvalue weighted by Crippen LogP contribution is -2.61. The molecule has 1 aromatic heterocycles. The van der Waals surface area contributed by atoms with Crippen molar-refractivity contribution in [1.29, 1.82) is 0 Å². The number of allylic oxidation sites excluding steroid dienone is 6. The summed E-state index contributed by atoms with van der Waals surface area (Å²) in [7, 11) is 2.95. The molecular weight excluding hydrogens is 875 g/mol. The Morgan fingerprint density at radius 1 is 0.897 bits per heavy atom. The van der Waals surface area contributed by atoms with E-state index in [1.807, 2.05) is 58.1 Å². The van der Waals surface area contributed by atoms with Gasteiger partial charge in [-0.25, -0.2) is 9.48 Å². The summed E-state index contributed by atoms with van der Waals surface area (Å²) in [6.45, 7) is 12.7. The standard InChI is InChI=1S/C51H77N5O12/c1-30-15-11-10-12-16-31(2)43(65-8)27-38-20-18-36(7)51(64,68-38)48(61)49(62)55-22-14-13-17-40(55)50(63)67-44(33(4)25-37-19-21-39(42(58)26-37)56-29-52-53-54-56)28-41(57)32(3)24-35(6)46(60)47(66-9)45(59)34(5)23-30/h10-12,15-16,24,29-30,32-34,36-40,42-44,46-47,58,60,64H,13-14,17-23,25-28H2,1-9H3/b12-10+,15-11+,31-16+,35-24+/t30-,32-,33-,34-,36-,37+,38+,39+,40+,42?,43+,44+,46-,47+,51-/m1/s1. The third-order valence-corrected chi connectivity index (χ3v) is 14.9. The number of carbonyl (C=O) groups excluding carboxylic acids is 5. The van der Waals surface area contributed by atoms with Crippen LogP contribution in [0.3, 0.4) is 0 Å². The second kappa shape index (κ2) is 25.0. The second-order valence-electron chi connectivity index (χ2n) is 20.2. The van der Waals surface area contributed by atoms with Gasteiger partial charge in [-0.15, -0.1) is 5.10 Å². The van der Waals surface area contributed by atoms with Gasteiger partial charge in [0.1, 0.15) is 36.5 Å². The molecule has 1 aromatic rings. The first-order valence-corrected chi connectivity index (χ1v) is 24.7. The van der Waals surface area contributed by atoms with E-state index in [0.29, 0.717) is 63.4 Å². The summed E-state index contributed by atoms with van der Waals surface area (Å²) in [6, 6.07) is -1.45. The number of aliphatic hydroxyl groups is 3. The van der Waals surface area contributed by atoms with Gasteiger partial charge in [-0.2, -0.15) is 0 Å². The summed E-state index contributed by atoms with van der Waals surface area (Å²) in [5.41, 5.74) is 1.25. The molecule has 68 heavy (non-hydrogen) atoms. The lowest BCUT2D eigenvalue weighted by Gasteiger charge is -2.42. The molecule has 378 valence electrons. The third-order valence-electron chi connectivity index (χ3n) is 14.9. The fourth-order valence-corrected chi connectivity index (χ4v) is 10.5. The van der Waals surface area contributed by atoms with Gasteiger partial charge in [-0.05, 0) is 117 Å². The maximum atomic E-state index is 14.4. The summed E-state index contributed by atoms with van der Waals surface area (Å²) in [4.78, 5) is 72.0. The van der Waals surface area contributed by atoms with E-state index in [0.717, 1.165) is 12.0 Å². The minimum absolute atomic E-state index is 0.0111. The minimum atomic E-state index is -2.44. The predicted octanol–water partition coefficient (Wildman–Crippen LogP) is 5.39. The van der Waals surface area contributed by atoms with Crippen LogP contribution in [-0.4, -0.2) is 139 Å². The van der Waals surface area contributed by atoms with Crippen LogP contribution in [0, 0.1) is 35.5 Å². The summed E-state index contributed by atoms with van der Waals surface area (Å²) in [5, 5.41) is 46.0. The van der Waals surface area contributed by atoms with Crippen molar-refractivity contribution in [2.45, 2.75) is 180 Å². The van der Waals surface area contributed by atoms with Gasteiger partial charge in [0.2, 0.25) is 5.79 Å². The molecule has 0 radical (unpaired) electrons. The Hall–Kier alpha value is -4.26. The Labute approximate surface area is 401 Å². The number of aliphatic hydroxyl groups excluding tert-OH is 2. The Morgan fingerprint density at radius 3 is 2.32 bits per heavy atom. The molecule has 15 atom stereocenters. The average Bonchev–Trinajstić information content (AvgIpc) is 3.85. The number of hydrogen-bond acceptors (Lipinski definition) is 15. The quantitative estimate of drug-likeness (QED) is 0.184. The molecule has 2 bridgehead atoms. The molecule has 17 nitrogen and oxygen atoms in total. The van der Waals surface area contributed by atoms with Crippen LogP contribution in [0.4, 0.5) is 0 Å². The van der Waals surface area contributed by atoms with Gasteiger partial charge in [-0.3, -0.25) is 19.2 Å². The number of esters is 1. The van der Waals surface area contributed by atoms with Gasteiger partial charge in [0, 0.05) is 51.4 Å². The number of ketones is 3. The average molecular weight is 952 g/mol. The smallest absolute Gasteiger partial charge is 0.329 e. The number of fused-ring (bicyclic) bond motifs is 3. The van der Waals surface area contributed by atoms with Crippen molar-refractivity contribution in [3.05, 3.63) is 53.9 Å². The molecule has 3 fully saturated rings. The zero-order chi connectivity index (χ0) is 49.9. The number of amides is 1. The number of rotatable bonds is 6. The third kappa shape index (κ3) is 13.7. The predicted molar refractivity (Wildman–Crippen MR) is 251 cm³/mol. The number of carbonyl (C=O) groups is 5. The van der Waals surface area contributed by atoms with E-state index in [2.05, 4.69) is 15.5 Å². The van der Waals surface area contributed by atoms with E-state index in [1.165, 1.54) is 18.3 Å². The van der Waals surface area contributed by atoms with E-state index in [-0.39, 0.29) is 54.7 Å². The molecule has 0 aromatic carbocycles. The van der Waals surface area contributed by atoms with Crippen molar-refractivity contribution >= 4 is 29.2 Å². The summed E-state index contributed by atoms with van der Waals surface area (Å²) < 4.78 is 25.4. The molecule has 1 aliphatic carbocycles. The van der Waals surface area contributed by atoms with Crippen LogP contribution >= 0.6 is 0 Å². The van der Waals surface area contributed by atoms with E-state index in [1.54, 1.807) is 38.6 Å². The van der Waals surface area contributed by atoms with Crippen molar-refractivity contribution in [2.24, 2.45) is 35.5 Å². The summed E-state index contributed by atoms with van der Waals surface area (Å²) in [5.74, 6) is -8.25. The first-order chi connectivity index (χ1) is 32.3. The van der Waals surface area contributed by atoms with Crippen LogP contribution in [0.25, 0.3) is 0 Å². The molecule has 5 rings (SSSR count). The topological polar surface area (TPSA) is 230 Å². The molecule has 1 saturated carbocycles. The summed E-state index contributed by atoms with van der Waals surface area (Å²) >= 11 is 0. The summed E-state index contributed by atoms with van der Waals surface area (Å²) in [6.07, 6.45) is 12.5. The minimum Gasteiger partial charge on any atom is -0.460 e. The van der Waals surface area contributed by atoms with Gasteiger partial charge in [0.15, 0.2) is 5.78 Å². The lowest BCUT2D eigenvalue weighted by molar-refractivity contribution is -0.265. The van der Waals surface area contributed by atoms with E-state index < -0.39 is 83.9 Å². The van der Waals surface area contributed by atoms with E-state index in [4.69, 9.17) is 18.9 Å². The number of tetrazole rings is 1. The largest absolute Gasteiger partial charge is 0.460 e. The van der Waals surface area contributed by atoms with Crippen molar-refractivity contribution < 1.29 is 58.2 Å². The maximum Gasteiger partial charge on any atom is 0.329 e. The van der Waals surface area contributed by atoms with Gasteiger partial charge in [0.25, 0.3) is 11.7 Å². The Bertz CT molecular complexity index is 2000. The Balaban J connectivity index is 1.45. The van der Waals surface area contributed by atoms with E-state index in [9.17, 15) is 39.3 Å². The number of methoxy groups -OCH3 is 2. The number of nitrogens with zero attached hydrogens (tertiary/aromatic N) is 5. The maximum absolute atomic E-state index is 14.4. The van der Waals surface area contributed by atoms with Crippen LogP contribution in [0.1, 0.15) is 132 Å². The van der Waals surface area contributed by atoms with E-state index >= 15 is 0 Å². The highest BCUT2D eigenvalue weighted by Gasteiger charge is 2.53. The van der Waals surface area contributed by atoms with Gasteiger partial charge in [-0.1, -0.05) is 71.1 Å². The highest BCUT2D eigenvalue weighted by atomic mass is 16.6. The highest BCUT2D eigenvalue weighted by molar-refractivity contribution is 6.39. The lowest BCUT2D eigenvalue weighted by atomic mass is 9.77. The number of piperidine rings is 1. The first-order valence-electron chi connectivity index (χ1n) is 24.7. The molecular formula is C51H77N5O12. The monoisotopic (exact) mass is 952 g/mol. The number of ether oxygens (including phenoxy) is 4. The molecule has 3 aliphatic heterocycles. The fraction of sp³-hybridized carbons (Fsp3) is 0.725. The molecule has 3 N–H and O–H groups in total.